The first-order valence-electron chi connectivity index (χ1n) is 13.8. The number of hydrogen-bond donors (Lipinski definition) is 0. The van der Waals surface area contributed by atoms with Gasteiger partial charge in [0.05, 0.1) is 30.0 Å². The molecule has 2 aliphatic heterocycles. The number of nitrogens with zero attached hydrogens (tertiary/aromatic N) is 4. The van der Waals surface area contributed by atoms with Crippen molar-refractivity contribution in [3.63, 3.8) is 0 Å². The minimum atomic E-state index is -0.386. The Bertz CT molecular complexity index is 1480. The summed E-state index contributed by atoms with van der Waals surface area (Å²) in [5.74, 6) is 0.439. The summed E-state index contributed by atoms with van der Waals surface area (Å²) in [5, 5.41) is 4.32. The van der Waals surface area contributed by atoms with E-state index in [1.54, 1.807) is 34.4 Å². The second kappa shape index (κ2) is 11.5. The Labute approximate surface area is 237 Å². The second-order valence-electron chi connectivity index (χ2n) is 10.9. The van der Waals surface area contributed by atoms with Gasteiger partial charge in [-0.1, -0.05) is 18.2 Å². The zero-order valence-electron chi connectivity index (χ0n) is 22.5. The van der Waals surface area contributed by atoms with Crippen LogP contribution < -0.4 is 0 Å². The number of hydrogen-bond acceptors (Lipinski definition) is 6. The predicted molar refractivity (Wildman–Crippen MR) is 153 cm³/mol. The summed E-state index contributed by atoms with van der Waals surface area (Å²) in [4.78, 5) is 34.9. The summed E-state index contributed by atoms with van der Waals surface area (Å²) in [6.45, 7) is 4.27. The Kier molecular flexibility index (Phi) is 7.67. The van der Waals surface area contributed by atoms with Crippen LogP contribution in [0.4, 0.5) is 4.39 Å². The van der Waals surface area contributed by atoms with Crippen molar-refractivity contribution in [3.05, 3.63) is 88.1 Å². The van der Waals surface area contributed by atoms with Crippen molar-refractivity contribution >= 4 is 34.2 Å². The van der Waals surface area contributed by atoms with Gasteiger partial charge in [-0.25, -0.2) is 9.37 Å². The largest absolute Gasteiger partial charge is 0.468 e. The fraction of sp³-hybridized carbons (Fsp3) is 0.387. The fourth-order valence-electron chi connectivity index (χ4n) is 6.39. The molecule has 0 spiro atoms. The molecule has 2 aliphatic rings. The van der Waals surface area contributed by atoms with E-state index in [9.17, 15) is 14.0 Å². The third kappa shape index (κ3) is 5.40. The van der Waals surface area contributed by atoms with E-state index in [0.29, 0.717) is 41.5 Å². The molecule has 4 aromatic rings. The molecule has 1 amide bonds. The first-order valence-corrected chi connectivity index (χ1v) is 14.7. The Morgan fingerprint density at radius 1 is 1.05 bits per heavy atom. The van der Waals surface area contributed by atoms with Crippen molar-refractivity contribution in [2.24, 2.45) is 5.92 Å². The molecular weight excluding hydrogens is 527 g/mol. The Balaban J connectivity index is 1.18. The maximum Gasteiger partial charge on any atom is 0.325 e. The van der Waals surface area contributed by atoms with Gasteiger partial charge in [0, 0.05) is 25.6 Å². The number of likely N-dealkylation sites (tertiary alicyclic amines) is 2. The standard InChI is InChI=1S/C31H33FN4O3S/c1-39-29(37)18-36-20-33-28-4-2-3-26(30(28)36)31(38)35-16-24(27(17-35)23-11-14-40-19-23)15-34-12-9-22(10-13-34)21-5-7-25(32)8-6-21/h2-8,11,14,19-20,22,24,27H,9-10,12-13,15-18H2,1H3/t24-,27+/m1/s1. The number of amides is 1. The van der Waals surface area contributed by atoms with Crippen molar-refractivity contribution in [1.29, 1.82) is 0 Å². The van der Waals surface area contributed by atoms with Gasteiger partial charge in [0.2, 0.25) is 0 Å². The van der Waals surface area contributed by atoms with Crippen LogP contribution in [0.3, 0.4) is 0 Å². The van der Waals surface area contributed by atoms with Crippen molar-refractivity contribution in [1.82, 2.24) is 19.4 Å². The number of piperidine rings is 1. The highest BCUT2D eigenvalue weighted by Crippen LogP contribution is 2.37. The summed E-state index contributed by atoms with van der Waals surface area (Å²) in [6, 6.07) is 14.7. The highest BCUT2D eigenvalue weighted by molar-refractivity contribution is 7.08. The molecule has 2 fully saturated rings. The van der Waals surface area contributed by atoms with Gasteiger partial charge in [0.1, 0.15) is 12.4 Å². The van der Waals surface area contributed by atoms with Gasteiger partial charge in [0.25, 0.3) is 5.91 Å². The Hall–Kier alpha value is -3.56. The smallest absolute Gasteiger partial charge is 0.325 e. The van der Waals surface area contributed by atoms with Crippen LogP contribution in [0.1, 0.15) is 46.2 Å². The van der Waals surface area contributed by atoms with Gasteiger partial charge in [-0.2, -0.15) is 11.3 Å². The lowest BCUT2D eigenvalue weighted by Crippen LogP contribution is -2.38. The van der Waals surface area contributed by atoms with Gasteiger partial charge in [0.15, 0.2) is 0 Å². The molecule has 7 nitrogen and oxygen atoms in total. The average Bonchev–Trinajstić information content (AvgIpc) is 3.74. The van der Waals surface area contributed by atoms with E-state index in [2.05, 4.69) is 26.7 Å². The normalized spacial score (nSPS) is 20.3. The van der Waals surface area contributed by atoms with E-state index in [4.69, 9.17) is 4.74 Å². The molecule has 4 heterocycles. The number of halogens is 1. The number of benzene rings is 2. The molecule has 2 atom stereocenters. The summed E-state index contributed by atoms with van der Waals surface area (Å²) >= 11 is 1.69. The quantitative estimate of drug-likeness (QED) is 0.293. The van der Waals surface area contributed by atoms with E-state index in [1.807, 2.05) is 35.2 Å². The number of carbonyl (C=O) groups is 2. The molecule has 0 saturated carbocycles. The summed E-state index contributed by atoms with van der Waals surface area (Å²) in [6.07, 6.45) is 3.70. The van der Waals surface area contributed by atoms with Gasteiger partial charge in [-0.15, -0.1) is 0 Å². The minimum absolute atomic E-state index is 0.00528. The Morgan fingerprint density at radius 2 is 1.85 bits per heavy atom. The van der Waals surface area contributed by atoms with E-state index >= 15 is 0 Å². The lowest BCUT2D eigenvalue weighted by Gasteiger charge is -2.34. The maximum atomic E-state index is 14.0. The van der Waals surface area contributed by atoms with E-state index in [1.165, 1.54) is 18.2 Å². The maximum absolute atomic E-state index is 14.0. The number of thiophene rings is 1. The molecular formula is C31H33FN4O3S. The molecule has 2 saturated heterocycles. The van der Waals surface area contributed by atoms with Gasteiger partial charge < -0.3 is 19.1 Å². The van der Waals surface area contributed by atoms with Crippen molar-refractivity contribution in [2.45, 2.75) is 31.2 Å². The van der Waals surface area contributed by atoms with E-state index < -0.39 is 0 Å². The predicted octanol–water partition coefficient (Wildman–Crippen LogP) is 5.15. The molecule has 40 heavy (non-hydrogen) atoms. The third-order valence-corrected chi connectivity index (χ3v) is 9.22. The molecule has 0 radical (unpaired) electrons. The molecule has 2 aromatic carbocycles. The van der Waals surface area contributed by atoms with Gasteiger partial charge >= 0.3 is 5.97 Å². The molecule has 0 unspecified atom stereocenters. The summed E-state index contributed by atoms with van der Waals surface area (Å²) in [7, 11) is 1.35. The fourth-order valence-corrected chi connectivity index (χ4v) is 7.12. The van der Waals surface area contributed by atoms with Crippen LogP contribution in [0.2, 0.25) is 0 Å². The zero-order chi connectivity index (χ0) is 27.6. The second-order valence-corrected chi connectivity index (χ2v) is 11.7. The highest BCUT2D eigenvalue weighted by Gasteiger charge is 2.38. The number of methoxy groups -OCH3 is 1. The number of ether oxygens (including phenoxy) is 1. The number of rotatable bonds is 7. The van der Waals surface area contributed by atoms with Crippen LogP contribution in [-0.4, -0.2) is 71.1 Å². The molecule has 9 heteroatoms. The SMILES string of the molecule is COC(=O)Cn1cnc2cccc(C(=O)N3C[C@@H](CN4CCC(c5ccc(F)cc5)CC4)[C@H](c4ccsc4)C3)c21. The molecule has 6 rings (SSSR count). The topological polar surface area (TPSA) is 67.7 Å². The van der Waals surface area contributed by atoms with Crippen LogP contribution >= 0.6 is 11.3 Å². The monoisotopic (exact) mass is 560 g/mol. The van der Waals surface area contributed by atoms with Crippen LogP contribution in [0.15, 0.2) is 65.6 Å². The van der Waals surface area contributed by atoms with Gasteiger partial charge in [-0.3, -0.25) is 9.59 Å². The highest BCUT2D eigenvalue weighted by atomic mass is 32.1. The molecule has 0 aliphatic carbocycles. The average molecular weight is 561 g/mol. The van der Waals surface area contributed by atoms with Crippen molar-refractivity contribution in [2.75, 3.05) is 39.8 Å². The van der Waals surface area contributed by atoms with Crippen molar-refractivity contribution in [3.8, 4) is 0 Å². The van der Waals surface area contributed by atoms with Crippen LogP contribution in [-0.2, 0) is 16.1 Å². The minimum Gasteiger partial charge on any atom is -0.468 e. The number of fused-ring (bicyclic) bond motifs is 1. The Morgan fingerprint density at radius 3 is 2.58 bits per heavy atom. The molecule has 208 valence electrons. The number of esters is 1. The number of aromatic nitrogens is 2. The van der Waals surface area contributed by atoms with Crippen molar-refractivity contribution < 1.29 is 18.7 Å². The zero-order valence-corrected chi connectivity index (χ0v) is 23.4. The number of para-hydroxylation sites is 1. The molecule has 0 N–H and O–H groups in total. The lowest BCUT2D eigenvalue weighted by molar-refractivity contribution is -0.141. The van der Waals surface area contributed by atoms with Crippen LogP contribution in [0, 0.1) is 11.7 Å². The third-order valence-electron chi connectivity index (χ3n) is 8.52. The molecule has 2 aromatic heterocycles. The van der Waals surface area contributed by atoms with Gasteiger partial charge in [-0.05, 0) is 90.0 Å². The summed E-state index contributed by atoms with van der Waals surface area (Å²) in [5.41, 5.74) is 4.42. The first-order chi connectivity index (χ1) is 19.5. The molecule has 0 bridgehead atoms. The van der Waals surface area contributed by atoms with Crippen LogP contribution in [0.25, 0.3) is 11.0 Å². The number of imidazole rings is 1. The first kappa shape index (κ1) is 26.7. The lowest BCUT2D eigenvalue weighted by atomic mass is 9.87. The summed E-state index contributed by atoms with van der Waals surface area (Å²) < 4.78 is 19.9. The number of carbonyl (C=O) groups excluding carboxylic acids is 2. The van der Waals surface area contributed by atoms with Crippen LogP contribution in [0.5, 0.6) is 0 Å². The van der Waals surface area contributed by atoms with E-state index in [0.717, 1.165) is 32.5 Å². The van der Waals surface area contributed by atoms with E-state index in [-0.39, 0.29) is 30.2 Å².